The van der Waals surface area contributed by atoms with Crippen molar-refractivity contribution in [2.24, 2.45) is 5.92 Å². The van der Waals surface area contributed by atoms with Crippen LogP contribution in [0, 0.1) is 16.0 Å². The zero-order valence-electron chi connectivity index (χ0n) is 12.7. The van der Waals surface area contributed by atoms with E-state index >= 15 is 0 Å². The molecule has 0 heterocycles. The molecule has 1 aliphatic rings. The Labute approximate surface area is 134 Å². The van der Waals surface area contributed by atoms with Crippen molar-refractivity contribution in [1.82, 2.24) is 0 Å². The van der Waals surface area contributed by atoms with E-state index in [0.29, 0.717) is 11.4 Å². The molecule has 1 saturated carbocycles. The van der Waals surface area contributed by atoms with E-state index in [4.69, 9.17) is 0 Å². The highest BCUT2D eigenvalue weighted by Crippen LogP contribution is 2.33. The van der Waals surface area contributed by atoms with Crippen LogP contribution in [-0.2, 0) is 5.33 Å². The Hall–Kier alpha value is -1.10. The molecule has 0 radical (unpaired) electrons. The number of alkyl halides is 1. The van der Waals surface area contributed by atoms with Crippen LogP contribution in [0.2, 0.25) is 0 Å². The average Bonchev–Trinajstić information content (AvgIpc) is 2.53. The van der Waals surface area contributed by atoms with Crippen LogP contribution in [0.4, 0.5) is 11.4 Å². The Kier molecular flexibility index (Phi) is 5.62. The highest BCUT2D eigenvalue weighted by Gasteiger charge is 2.24. The Morgan fingerprint density at radius 3 is 2.52 bits per heavy atom. The van der Waals surface area contributed by atoms with E-state index in [2.05, 4.69) is 34.8 Å². The molecule has 1 fully saturated rings. The van der Waals surface area contributed by atoms with E-state index in [-0.39, 0.29) is 10.6 Å². The normalized spacial score (nSPS) is 22.0. The quantitative estimate of drug-likeness (QED) is 0.429. The van der Waals surface area contributed by atoms with Gasteiger partial charge in [-0.3, -0.25) is 10.1 Å². The van der Waals surface area contributed by atoms with Crippen molar-refractivity contribution >= 4 is 27.3 Å². The van der Waals surface area contributed by atoms with Crippen LogP contribution < -0.4 is 4.90 Å². The second-order valence-corrected chi connectivity index (χ2v) is 6.46. The van der Waals surface area contributed by atoms with Gasteiger partial charge in [0, 0.05) is 35.7 Å². The fourth-order valence-corrected chi connectivity index (χ4v) is 3.68. The molecule has 0 unspecified atom stereocenters. The van der Waals surface area contributed by atoms with E-state index in [1.807, 2.05) is 12.1 Å². The van der Waals surface area contributed by atoms with Crippen LogP contribution in [0.25, 0.3) is 0 Å². The molecule has 0 bridgehead atoms. The van der Waals surface area contributed by atoms with Crippen LogP contribution >= 0.6 is 15.9 Å². The van der Waals surface area contributed by atoms with Crippen molar-refractivity contribution < 1.29 is 4.92 Å². The number of hydrogen-bond donors (Lipinski definition) is 0. The smallest absolute Gasteiger partial charge is 0.273 e. The number of nitrogens with zero attached hydrogens (tertiary/aromatic N) is 2. The molecule has 21 heavy (non-hydrogen) atoms. The van der Waals surface area contributed by atoms with Gasteiger partial charge in [0.15, 0.2) is 0 Å². The molecule has 0 aliphatic heterocycles. The maximum atomic E-state index is 11.0. The number of anilines is 1. The minimum atomic E-state index is -0.313. The van der Waals surface area contributed by atoms with Crippen molar-refractivity contribution in [2.75, 3.05) is 11.9 Å². The van der Waals surface area contributed by atoms with Gasteiger partial charge in [0.2, 0.25) is 0 Å². The molecule has 0 amide bonds. The van der Waals surface area contributed by atoms with Gasteiger partial charge in [0.05, 0.1) is 4.92 Å². The first-order chi connectivity index (χ1) is 10.1. The van der Waals surface area contributed by atoms with Gasteiger partial charge in [-0.1, -0.05) is 29.3 Å². The highest BCUT2D eigenvalue weighted by molar-refractivity contribution is 9.08. The molecule has 116 valence electrons. The monoisotopic (exact) mass is 354 g/mol. The fraction of sp³-hybridized carbons (Fsp3) is 0.625. The van der Waals surface area contributed by atoms with Crippen molar-refractivity contribution in [2.45, 2.75) is 50.4 Å². The Balaban J connectivity index is 2.12. The third kappa shape index (κ3) is 3.76. The largest absolute Gasteiger partial charge is 0.372 e. The number of rotatable bonds is 5. The summed E-state index contributed by atoms with van der Waals surface area (Å²) in [5.74, 6) is 0.879. The lowest BCUT2D eigenvalue weighted by Crippen LogP contribution is -2.35. The number of nitro groups is 1. The van der Waals surface area contributed by atoms with Crippen molar-refractivity contribution in [1.29, 1.82) is 0 Å². The van der Waals surface area contributed by atoms with Gasteiger partial charge in [-0.05, 0) is 43.7 Å². The summed E-state index contributed by atoms with van der Waals surface area (Å²) in [5.41, 5.74) is 2.01. The first-order valence-corrected chi connectivity index (χ1v) is 8.75. The lowest BCUT2D eigenvalue weighted by atomic mass is 9.84. The van der Waals surface area contributed by atoms with E-state index in [0.717, 1.165) is 17.2 Å². The molecular formula is C16H23BrN2O2. The van der Waals surface area contributed by atoms with Crippen LogP contribution in [-0.4, -0.2) is 18.0 Å². The molecular weight excluding hydrogens is 332 g/mol. The van der Waals surface area contributed by atoms with Crippen molar-refractivity contribution in [3.63, 3.8) is 0 Å². The van der Waals surface area contributed by atoms with Crippen molar-refractivity contribution in [3.05, 3.63) is 33.9 Å². The Bertz CT molecular complexity index is 499. The predicted molar refractivity (Wildman–Crippen MR) is 90.2 cm³/mol. The van der Waals surface area contributed by atoms with E-state index < -0.39 is 0 Å². The van der Waals surface area contributed by atoms with Gasteiger partial charge in [-0.2, -0.15) is 0 Å². The molecule has 0 aromatic heterocycles. The van der Waals surface area contributed by atoms with Crippen LogP contribution in [0.15, 0.2) is 18.2 Å². The lowest BCUT2D eigenvalue weighted by molar-refractivity contribution is -0.385. The summed E-state index contributed by atoms with van der Waals surface area (Å²) in [6, 6.07) is 5.99. The van der Waals surface area contributed by atoms with Gasteiger partial charge in [-0.15, -0.1) is 0 Å². The van der Waals surface area contributed by atoms with E-state index in [1.54, 1.807) is 6.07 Å². The number of nitro benzene ring substituents is 1. The first kappa shape index (κ1) is 16.3. The number of benzene rings is 1. The van der Waals surface area contributed by atoms with Gasteiger partial charge >= 0.3 is 0 Å². The molecule has 0 N–H and O–H groups in total. The zero-order chi connectivity index (χ0) is 15.4. The third-order valence-electron chi connectivity index (χ3n) is 4.75. The minimum absolute atomic E-state index is 0.193. The molecule has 1 aromatic rings. The summed E-state index contributed by atoms with van der Waals surface area (Å²) >= 11 is 3.35. The SMILES string of the molecule is CCC1CCC(N(C)c2ccc([N+](=O)[O-])c(CBr)c2)CC1. The van der Waals surface area contributed by atoms with Crippen molar-refractivity contribution in [3.8, 4) is 0 Å². The summed E-state index contributed by atoms with van der Waals surface area (Å²) in [4.78, 5) is 13.0. The Morgan fingerprint density at radius 2 is 2.00 bits per heavy atom. The summed E-state index contributed by atoms with van der Waals surface area (Å²) in [7, 11) is 2.11. The standard InChI is InChI=1S/C16H23BrN2O2/c1-3-12-4-6-14(7-5-12)18(2)15-8-9-16(19(20)21)13(10-15)11-17/h8-10,12,14H,3-7,11H2,1-2H3. The van der Waals surface area contributed by atoms with Gasteiger partial charge in [-0.25, -0.2) is 0 Å². The molecule has 0 atom stereocenters. The van der Waals surface area contributed by atoms with Crippen LogP contribution in [0.3, 0.4) is 0 Å². The highest BCUT2D eigenvalue weighted by atomic mass is 79.9. The molecule has 1 aliphatic carbocycles. The summed E-state index contributed by atoms with van der Waals surface area (Å²) in [6.07, 6.45) is 6.31. The van der Waals surface area contributed by atoms with Crippen LogP contribution in [0.5, 0.6) is 0 Å². The second kappa shape index (κ2) is 7.25. The maximum absolute atomic E-state index is 11.0. The average molecular weight is 355 g/mol. The molecule has 4 nitrogen and oxygen atoms in total. The molecule has 1 aromatic carbocycles. The first-order valence-electron chi connectivity index (χ1n) is 7.62. The molecule has 0 saturated heterocycles. The molecule has 5 heteroatoms. The lowest BCUT2D eigenvalue weighted by Gasteiger charge is -2.36. The van der Waals surface area contributed by atoms with Crippen LogP contribution in [0.1, 0.15) is 44.6 Å². The molecule has 2 rings (SSSR count). The fourth-order valence-electron chi connectivity index (χ4n) is 3.23. The Morgan fingerprint density at radius 1 is 1.33 bits per heavy atom. The summed E-state index contributed by atoms with van der Waals surface area (Å²) in [5, 5.41) is 11.5. The number of hydrogen-bond acceptors (Lipinski definition) is 3. The second-order valence-electron chi connectivity index (χ2n) is 5.90. The summed E-state index contributed by atoms with van der Waals surface area (Å²) in [6.45, 7) is 2.27. The minimum Gasteiger partial charge on any atom is -0.372 e. The van der Waals surface area contributed by atoms with E-state index in [1.165, 1.54) is 32.1 Å². The zero-order valence-corrected chi connectivity index (χ0v) is 14.3. The topological polar surface area (TPSA) is 46.4 Å². The maximum Gasteiger partial charge on any atom is 0.273 e. The van der Waals surface area contributed by atoms with E-state index in [9.17, 15) is 10.1 Å². The van der Waals surface area contributed by atoms with Gasteiger partial charge in [0.1, 0.15) is 0 Å². The third-order valence-corrected chi connectivity index (χ3v) is 5.36. The van der Waals surface area contributed by atoms with Gasteiger partial charge in [0.25, 0.3) is 5.69 Å². The van der Waals surface area contributed by atoms with Gasteiger partial charge < -0.3 is 4.90 Å². The summed E-state index contributed by atoms with van der Waals surface area (Å²) < 4.78 is 0. The predicted octanol–water partition coefficient (Wildman–Crippen LogP) is 4.89. The molecule has 0 spiro atoms. The number of halogens is 1.